The molecule has 0 radical (unpaired) electrons. The van der Waals surface area contributed by atoms with Gasteiger partial charge in [-0.2, -0.15) is 0 Å². The Kier molecular flexibility index (Phi) is 51.8. The van der Waals surface area contributed by atoms with Crippen LogP contribution in [0.25, 0.3) is 0 Å². The molecule has 2 amide bonds. The summed E-state index contributed by atoms with van der Waals surface area (Å²) in [5.41, 5.74) is 0. The van der Waals surface area contributed by atoms with Crippen molar-refractivity contribution in [2.24, 2.45) is 5.92 Å². The Bertz CT molecular complexity index is 949. The molecular formula is C65H129N3O2. The van der Waals surface area contributed by atoms with Crippen molar-refractivity contribution in [3.05, 3.63) is 0 Å². The predicted octanol–water partition coefficient (Wildman–Crippen LogP) is 20.6. The first-order valence-corrected chi connectivity index (χ1v) is 32.8. The molecule has 1 aliphatic rings. The van der Waals surface area contributed by atoms with E-state index in [1.165, 1.54) is 321 Å². The number of amides is 2. The molecule has 1 saturated carbocycles. The predicted molar refractivity (Wildman–Crippen MR) is 311 cm³/mol. The molecule has 0 aromatic rings. The lowest BCUT2D eigenvalue weighted by Crippen LogP contribution is -2.32. The second kappa shape index (κ2) is 54.2. The second-order valence-corrected chi connectivity index (χ2v) is 23.2. The van der Waals surface area contributed by atoms with Gasteiger partial charge in [0.25, 0.3) is 0 Å². The molecule has 0 saturated heterocycles. The molecule has 0 bridgehead atoms. The van der Waals surface area contributed by atoms with E-state index in [9.17, 15) is 9.59 Å². The topological polar surface area (TPSA) is 43.9 Å². The quantitative estimate of drug-likeness (QED) is 0.0571. The minimum absolute atomic E-state index is 0.437. The van der Waals surface area contributed by atoms with Crippen LogP contribution in [0.3, 0.4) is 0 Å². The van der Waals surface area contributed by atoms with Crippen LogP contribution in [0.4, 0.5) is 0 Å². The van der Waals surface area contributed by atoms with Crippen molar-refractivity contribution in [3.8, 4) is 0 Å². The fourth-order valence-corrected chi connectivity index (χ4v) is 11.5. The highest BCUT2D eigenvalue weighted by atomic mass is 16.2. The molecule has 70 heavy (non-hydrogen) atoms. The smallest absolute Gasteiger partial charge is 0.222 e. The summed E-state index contributed by atoms with van der Waals surface area (Å²) >= 11 is 0. The Balaban J connectivity index is 2.47. The van der Waals surface area contributed by atoms with Crippen LogP contribution in [-0.4, -0.2) is 72.3 Å². The van der Waals surface area contributed by atoms with E-state index in [0.717, 1.165) is 57.8 Å². The van der Waals surface area contributed by atoms with E-state index in [-0.39, 0.29) is 0 Å². The number of hydrogen-bond acceptors (Lipinski definition) is 3. The van der Waals surface area contributed by atoms with Gasteiger partial charge in [0.15, 0.2) is 0 Å². The van der Waals surface area contributed by atoms with Gasteiger partial charge < -0.3 is 14.7 Å². The highest BCUT2D eigenvalue weighted by Gasteiger charge is 2.16. The number of rotatable bonds is 56. The van der Waals surface area contributed by atoms with Gasteiger partial charge in [-0.05, 0) is 89.8 Å². The maximum atomic E-state index is 13.5. The normalized spacial score (nSPS) is 13.2. The van der Waals surface area contributed by atoms with Crippen LogP contribution in [0.1, 0.15) is 355 Å². The van der Waals surface area contributed by atoms with Gasteiger partial charge in [0, 0.05) is 39.0 Å². The summed E-state index contributed by atoms with van der Waals surface area (Å²) in [5.74, 6) is 1.85. The SMILES string of the molecule is CCCCCCCCCCN(CCCCCCCCCC)C(=O)CCCCCCCN(CCCCCCCC(=O)N(CCCCCCCCCC)CCCCCCCCCC)CCCC1CCCCC1. The molecule has 1 rings (SSSR count). The molecule has 416 valence electrons. The molecule has 0 N–H and O–H groups in total. The number of hydrogen-bond donors (Lipinski definition) is 0. The van der Waals surface area contributed by atoms with Crippen LogP contribution in [0, 0.1) is 5.92 Å². The summed E-state index contributed by atoms with van der Waals surface area (Å²) in [4.78, 5) is 34.4. The van der Waals surface area contributed by atoms with Gasteiger partial charge in [-0.15, -0.1) is 0 Å². The van der Waals surface area contributed by atoms with Crippen LogP contribution >= 0.6 is 0 Å². The highest BCUT2D eigenvalue weighted by molar-refractivity contribution is 5.76. The molecule has 5 heteroatoms. The molecule has 0 aromatic heterocycles. The minimum atomic E-state index is 0.437. The second-order valence-electron chi connectivity index (χ2n) is 23.2. The lowest BCUT2D eigenvalue weighted by atomic mass is 9.86. The number of unbranched alkanes of at least 4 members (excludes halogenated alkanes) is 36. The van der Waals surface area contributed by atoms with E-state index < -0.39 is 0 Å². The van der Waals surface area contributed by atoms with Crippen LogP contribution in [-0.2, 0) is 9.59 Å². The zero-order valence-corrected chi connectivity index (χ0v) is 48.7. The summed E-state index contributed by atoms with van der Waals surface area (Å²) in [6.45, 7) is 16.9. The summed E-state index contributed by atoms with van der Waals surface area (Å²) in [5, 5.41) is 0. The first-order valence-electron chi connectivity index (χ1n) is 32.8. The maximum Gasteiger partial charge on any atom is 0.222 e. The molecule has 0 spiro atoms. The summed E-state index contributed by atoms with van der Waals surface area (Å²) in [6, 6.07) is 0. The zero-order chi connectivity index (χ0) is 50.5. The van der Waals surface area contributed by atoms with Gasteiger partial charge in [-0.1, -0.05) is 278 Å². The molecule has 0 aromatic carbocycles. The third kappa shape index (κ3) is 44.4. The Morgan fingerprint density at radius 2 is 0.529 bits per heavy atom. The van der Waals surface area contributed by atoms with Crippen molar-refractivity contribution in [1.82, 2.24) is 14.7 Å². The Morgan fingerprint density at radius 3 is 0.829 bits per heavy atom. The largest absolute Gasteiger partial charge is 0.343 e. The molecule has 0 unspecified atom stereocenters. The van der Waals surface area contributed by atoms with Crippen molar-refractivity contribution >= 4 is 11.8 Å². The van der Waals surface area contributed by atoms with Crippen LogP contribution in [0.15, 0.2) is 0 Å². The van der Waals surface area contributed by atoms with Crippen molar-refractivity contribution in [2.45, 2.75) is 355 Å². The number of carbonyl (C=O) groups is 2. The Hall–Kier alpha value is -1.10. The van der Waals surface area contributed by atoms with Gasteiger partial charge in [0.1, 0.15) is 0 Å². The summed E-state index contributed by atoms with van der Waals surface area (Å²) in [7, 11) is 0. The first-order chi connectivity index (χ1) is 34.5. The van der Waals surface area contributed by atoms with Crippen molar-refractivity contribution < 1.29 is 9.59 Å². The van der Waals surface area contributed by atoms with E-state index in [2.05, 4.69) is 42.4 Å². The fourth-order valence-electron chi connectivity index (χ4n) is 11.5. The first kappa shape index (κ1) is 66.9. The summed E-state index contributed by atoms with van der Waals surface area (Å²) < 4.78 is 0. The number of carbonyl (C=O) groups excluding carboxylic acids is 2. The molecule has 0 heterocycles. The molecular weight excluding hydrogens is 855 g/mol. The van der Waals surface area contributed by atoms with Gasteiger partial charge in [0.2, 0.25) is 11.8 Å². The van der Waals surface area contributed by atoms with Gasteiger partial charge in [0.05, 0.1) is 0 Å². The molecule has 1 aliphatic carbocycles. The highest BCUT2D eigenvalue weighted by Crippen LogP contribution is 2.27. The fraction of sp³-hybridized carbons (Fsp3) is 0.969. The standard InChI is InChI=1S/C65H129N3O2/c1-5-9-13-17-21-25-35-46-59-67(60-47-36-26-22-18-14-10-6-2)64(69)54-42-31-29-33-44-56-66(58-50-53-63-51-40-39-41-52-63)57-45-34-30-32-43-55-65(70)68(61-48-37-27-23-19-15-11-7-3)62-49-38-28-24-20-16-12-8-4/h63H,5-62H2,1-4H3. The van der Waals surface area contributed by atoms with E-state index in [0.29, 0.717) is 11.8 Å². The van der Waals surface area contributed by atoms with Crippen molar-refractivity contribution in [2.75, 3.05) is 45.8 Å². The molecule has 5 nitrogen and oxygen atoms in total. The lowest BCUT2D eigenvalue weighted by molar-refractivity contribution is -0.132. The molecule has 0 aliphatic heterocycles. The van der Waals surface area contributed by atoms with Gasteiger partial charge >= 0.3 is 0 Å². The zero-order valence-electron chi connectivity index (χ0n) is 48.7. The van der Waals surface area contributed by atoms with Gasteiger partial charge in [-0.3, -0.25) is 9.59 Å². The van der Waals surface area contributed by atoms with E-state index in [4.69, 9.17) is 0 Å². The maximum absolute atomic E-state index is 13.5. The molecule has 0 atom stereocenters. The van der Waals surface area contributed by atoms with E-state index >= 15 is 0 Å². The van der Waals surface area contributed by atoms with Gasteiger partial charge in [-0.25, -0.2) is 0 Å². The van der Waals surface area contributed by atoms with Crippen molar-refractivity contribution in [1.29, 1.82) is 0 Å². The Labute approximate surface area is 441 Å². The van der Waals surface area contributed by atoms with Crippen LogP contribution in [0.5, 0.6) is 0 Å². The van der Waals surface area contributed by atoms with Crippen LogP contribution in [0.2, 0.25) is 0 Å². The molecule has 1 fully saturated rings. The lowest BCUT2D eigenvalue weighted by Gasteiger charge is -2.25. The average molecular weight is 985 g/mol. The monoisotopic (exact) mass is 984 g/mol. The minimum Gasteiger partial charge on any atom is -0.343 e. The number of nitrogens with zero attached hydrogens (tertiary/aromatic N) is 3. The van der Waals surface area contributed by atoms with E-state index in [1.54, 1.807) is 0 Å². The third-order valence-corrected chi connectivity index (χ3v) is 16.4. The van der Waals surface area contributed by atoms with Crippen LogP contribution < -0.4 is 0 Å². The van der Waals surface area contributed by atoms with Crippen molar-refractivity contribution in [3.63, 3.8) is 0 Å². The third-order valence-electron chi connectivity index (χ3n) is 16.4. The van der Waals surface area contributed by atoms with E-state index in [1.807, 2.05) is 0 Å². The summed E-state index contributed by atoms with van der Waals surface area (Å²) in [6.07, 6.45) is 66.5. The average Bonchev–Trinajstić information content (AvgIpc) is 3.37. The Morgan fingerprint density at radius 1 is 0.286 bits per heavy atom.